The number of pyridine rings is 1. The summed E-state index contributed by atoms with van der Waals surface area (Å²) in [6.07, 6.45) is 4.49. The molecule has 1 aromatic heterocycles. The first-order valence-corrected chi connectivity index (χ1v) is 7.48. The maximum Gasteiger partial charge on any atom is 0.173 e. The van der Waals surface area contributed by atoms with Crippen LogP contribution in [0.3, 0.4) is 0 Å². The van der Waals surface area contributed by atoms with E-state index in [1.54, 1.807) is 0 Å². The Hall–Kier alpha value is -1.82. The van der Waals surface area contributed by atoms with Crippen molar-refractivity contribution in [3.63, 3.8) is 0 Å². The highest BCUT2D eigenvalue weighted by Gasteiger charge is 2.30. The Morgan fingerprint density at radius 3 is 2.76 bits per heavy atom. The largest absolute Gasteiger partial charge is 0.409 e. The number of anilines is 1. The van der Waals surface area contributed by atoms with Crippen LogP contribution < -0.4 is 10.6 Å². The van der Waals surface area contributed by atoms with E-state index in [9.17, 15) is 5.11 Å². The van der Waals surface area contributed by atoms with Gasteiger partial charge in [-0.3, -0.25) is 0 Å². The lowest BCUT2D eigenvalue weighted by Crippen LogP contribution is -2.43. The number of aryl methyl sites for hydroxylation is 2. The molecule has 0 aromatic carbocycles. The molecule has 21 heavy (non-hydrogen) atoms. The van der Waals surface area contributed by atoms with E-state index in [4.69, 9.17) is 15.9 Å². The van der Waals surface area contributed by atoms with Crippen molar-refractivity contribution >= 4 is 11.7 Å². The van der Waals surface area contributed by atoms with E-state index in [-0.39, 0.29) is 5.84 Å². The molecule has 0 bridgehead atoms. The summed E-state index contributed by atoms with van der Waals surface area (Å²) < 4.78 is 0. The topological polar surface area (TPSA) is 95.0 Å². The number of piperidine rings is 1. The summed E-state index contributed by atoms with van der Waals surface area (Å²) in [5, 5.41) is 22.2. The van der Waals surface area contributed by atoms with Gasteiger partial charge in [0.15, 0.2) is 5.84 Å². The van der Waals surface area contributed by atoms with Gasteiger partial charge in [0.25, 0.3) is 0 Å². The minimum absolute atomic E-state index is 0.101. The van der Waals surface area contributed by atoms with Gasteiger partial charge in [0, 0.05) is 18.8 Å². The lowest BCUT2D eigenvalue weighted by molar-refractivity contribution is 0.0350. The quantitative estimate of drug-likeness (QED) is 0.327. The highest BCUT2D eigenvalue weighted by Crippen LogP contribution is 2.31. The number of hydrogen-bond donors (Lipinski definition) is 3. The highest BCUT2D eigenvalue weighted by molar-refractivity contribution is 6.01. The SMILES string of the molecule is CC1(O)CCN(c2nc3c(cc2C(N)=NO)CCC3)CC1. The molecule has 1 fully saturated rings. The van der Waals surface area contributed by atoms with Gasteiger partial charge in [-0.2, -0.15) is 0 Å². The van der Waals surface area contributed by atoms with Crippen molar-refractivity contribution in [3.8, 4) is 0 Å². The van der Waals surface area contributed by atoms with Crippen LogP contribution in [0, 0.1) is 0 Å². The number of fused-ring (bicyclic) bond motifs is 1. The Bertz CT molecular complexity index is 573. The highest BCUT2D eigenvalue weighted by atomic mass is 16.4. The van der Waals surface area contributed by atoms with Crippen LogP contribution in [0.2, 0.25) is 0 Å². The lowest BCUT2D eigenvalue weighted by atomic mass is 9.93. The second kappa shape index (κ2) is 5.18. The Kier molecular flexibility index (Phi) is 3.49. The van der Waals surface area contributed by atoms with Crippen molar-refractivity contribution in [2.24, 2.45) is 10.9 Å². The van der Waals surface area contributed by atoms with Gasteiger partial charge in [-0.25, -0.2) is 4.98 Å². The van der Waals surface area contributed by atoms with E-state index in [2.05, 4.69) is 10.1 Å². The van der Waals surface area contributed by atoms with Crippen LogP contribution in [-0.4, -0.2) is 39.8 Å². The van der Waals surface area contributed by atoms with Crippen LogP contribution >= 0.6 is 0 Å². The molecule has 0 radical (unpaired) electrons. The second-order valence-electron chi connectivity index (χ2n) is 6.29. The van der Waals surface area contributed by atoms with Gasteiger partial charge in [0.1, 0.15) is 5.82 Å². The number of aromatic nitrogens is 1. The molecule has 1 aliphatic carbocycles. The smallest absolute Gasteiger partial charge is 0.173 e. The summed E-state index contributed by atoms with van der Waals surface area (Å²) in [5.41, 5.74) is 8.24. The van der Waals surface area contributed by atoms with Crippen LogP contribution in [-0.2, 0) is 12.8 Å². The zero-order valence-electron chi connectivity index (χ0n) is 12.3. The Morgan fingerprint density at radius 2 is 2.10 bits per heavy atom. The molecule has 0 amide bonds. The fraction of sp³-hybridized carbons (Fsp3) is 0.600. The Morgan fingerprint density at radius 1 is 1.38 bits per heavy atom. The molecule has 1 saturated heterocycles. The third-order valence-corrected chi connectivity index (χ3v) is 4.55. The minimum Gasteiger partial charge on any atom is -0.409 e. The number of rotatable bonds is 2. The van der Waals surface area contributed by atoms with E-state index in [1.807, 2.05) is 13.0 Å². The monoisotopic (exact) mass is 290 g/mol. The summed E-state index contributed by atoms with van der Waals surface area (Å²) in [5.74, 6) is 0.881. The molecule has 3 rings (SSSR count). The van der Waals surface area contributed by atoms with Gasteiger partial charge in [-0.1, -0.05) is 5.16 Å². The average Bonchev–Trinajstić information content (AvgIpc) is 2.92. The number of aliphatic hydroxyl groups is 1. The molecule has 0 spiro atoms. The van der Waals surface area contributed by atoms with E-state index in [0.717, 1.165) is 43.9 Å². The molecular formula is C15H22N4O2. The molecule has 1 aliphatic heterocycles. The van der Waals surface area contributed by atoms with Gasteiger partial charge in [0.05, 0.1) is 11.2 Å². The predicted octanol–water partition coefficient (Wildman–Crippen LogP) is 1.02. The van der Waals surface area contributed by atoms with Gasteiger partial charge >= 0.3 is 0 Å². The summed E-state index contributed by atoms with van der Waals surface area (Å²) in [6.45, 7) is 3.32. The molecule has 0 saturated carbocycles. The maximum atomic E-state index is 10.1. The number of nitrogens with two attached hydrogens (primary N) is 1. The summed E-state index contributed by atoms with van der Waals surface area (Å²) in [6, 6.07) is 2.01. The number of oxime groups is 1. The minimum atomic E-state index is -0.607. The maximum absolute atomic E-state index is 10.1. The standard InChI is InChI=1S/C15H22N4O2/c1-15(20)5-7-19(8-6-15)14-11(13(16)18-21)9-10-3-2-4-12(10)17-14/h9,20-21H,2-8H2,1H3,(H2,16,18). The Balaban J connectivity index is 1.97. The van der Waals surface area contributed by atoms with E-state index < -0.39 is 5.60 Å². The normalized spacial score (nSPS) is 21.4. The van der Waals surface area contributed by atoms with Gasteiger partial charge in [-0.05, 0) is 50.7 Å². The molecule has 1 aromatic rings. The molecule has 2 aliphatic rings. The van der Waals surface area contributed by atoms with E-state index >= 15 is 0 Å². The molecular weight excluding hydrogens is 268 g/mol. The molecule has 2 heterocycles. The van der Waals surface area contributed by atoms with Crippen LogP contribution in [0.15, 0.2) is 11.2 Å². The van der Waals surface area contributed by atoms with Gasteiger partial charge in [0.2, 0.25) is 0 Å². The third-order valence-electron chi connectivity index (χ3n) is 4.55. The van der Waals surface area contributed by atoms with Crippen molar-refractivity contribution in [2.75, 3.05) is 18.0 Å². The van der Waals surface area contributed by atoms with Crippen LogP contribution in [0.4, 0.5) is 5.82 Å². The summed E-state index contributed by atoms with van der Waals surface area (Å²) >= 11 is 0. The first-order chi connectivity index (χ1) is 10.00. The summed E-state index contributed by atoms with van der Waals surface area (Å²) in [4.78, 5) is 6.89. The zero-order valence-corrected chi connectivity index (χ0v) is 12.3. The van der Waals surface area contributed by atoms with Crippen LogP contribution in [0.25, 0.3) is 0 Å². The van der Waals surface area contributed by atoms with Crippen LogP contribution in [0.1, 0.15) is 43.0 Å². The number of hydrogen-bond acceptors (Lipinski definition) is 5. The van der Waals surface area contributed by atoms with Crippen molar-refractivity contribution < 1.29 is 10.3 Å². The zero-order chi connectivity index (χ0) is 15.0. The van der Waals surface area contributed by atoms with Crippen molar-refractivity contribution in [2.45, 2.75) is 44.6 Å². The predicted molar refractivity (Wildman–Crippen MR) is 80.8 cm³/mol. The van der Waals surface area contributed by atoms with Gasteiger partial charge < -0.3 is 20.9 Å². The molecule has 6 heteroatoms. The van der Waals surface area contributed by atoms with Gasteiger partial charge in [-0.15, -0.1) is 0 Å². The fourth-order valence-corrected chi connectivity index (χ4v) is 3.14. The fourth-order valence-electron chi connectivity index (χ4n) is 3.14. The van der Waals surface area contributed by atoms with Crippen molar-refractivity contribution in [3.05, 3.63) is 22.9 Å². The molecule has 6 nitrogen and oxygen atoms in total. The van der Waals surface area contributed by atoms with Crippen LogP contribution in [0.5, 0.6) is 0 Å². The van der Waals surface area contributed by atoms with E-state index in [1.165, 1.54) is 5.56 Å². The Labute approximate surface area is 124 Å². The molecule has 0 unspecified atom stereocenters. The van der Waals surface area contributed by atoms with Crippen molar-refractivity contribution in [1.29, 1.82) is 0 Å². The first-order valence-electron chi connectivity index (χ1n) is 7.48. The molecule has 0 atom stereocenters. The molecule has 114 valence electrons. The first kappa shape index (κ1) is 14.1. The second-order valence-corrected chi connectivity index (χ2v) is 6.29. The lowest BCUT2D eigenvalue weighted by Gasteiger charge is -2.37. The molecule has 4 N–H and O–H groups in total. The van der Waals surface area contributed by atoms with E-state index in [0.29, 0.717) is 18.4 Å². The summed E-state index contributed by atoms with van der Waals surface area (Å²) in [7, 11) is 0. The van der Waals surface area contributed by atoms with Crippen molar-refractivity contribution in [1.82, 2.24) is 4.98 Å². The number of nitrogens with zero attached hydrogens (tertiary/aromatic N) is 3. The average molecular weight is 290 g/mol. The third kappa shape index (κ3) is 2.68. The number of amidine groups is 1.